The maximum Gasteiger partial charge on any atom is 0.349 e. The van der Waals surface area contributed by atoms with Gasteiger partial charge in [0.25, 0.3) is 0 Å². The highest BCUT2D eigenvalue weighted by atomic mass is 79.9. The van der Waals surface area contributed by atoms with Gasteiger partial charge in [0.15, 0.2) is 5.65 Å². The molecule has 2 aromatic heterocycles. The zero-order valence-corrected chi connectivity index (χ0v) is 11.1. The van der Waals surface area contributed by atoms with Crippen LogP contribution in [0, 0.1) is 6.92 Å². The SMILES string of the molecule is Cc1cc(-c2cnn3c(=O)[nH]cnc23)ccc1Br. The van der Waals surface area contributed by atoms with Crippen LogP contribution in [0.5, 0.6) is 0 Å². The molecule has 0 aliphatic heterocycles. The number of H-pyrrole nitrogens is 1. The molecule has 0 saturated heterocycles. The van der Waals surface area contributed by atoms with E-state index in [2.05, 4.69) is 31.0 Å². The molecule has 0 spiro atoms. The van der Waals surface area contributed by atoms with E-state index >= 15 is 0 Å². The van der Waals surface area contributed by atoms with Crippen LogP contribution in [0.3, 0.4) is 0 Å². The van der Waals surface area contributed by atoms with E-state index in [0.717, 1.165) is 21.2 Å². The number of hydrogen-bond donors (Lipinski definition) is 1. The smallest absolute Gasteiger partial charge is 0.296 e. The second-order valence-electron chi connectivity index (χ2n) is 3.97. The van der Waals surface area contributed by atoms with Gasteiger partial charge < -0.3 is 0 Å². The molecular weight excluding hydrogens is 296 g/mol. The van der Waals surface area contributed by atoms with E-state index in [-0.39, 0.29) is 5.69 Å². The fourth-order valence-electron chi connectivity index (χ4n) is 1.84. The zero-order valence-electron chi connectivity index (χ0n) is 9.51. The second kappa shape index (κ2) is 4.06. The monoisotopic (exact) mass is 304 g/mol. The molecule has 0 aliphatic carbocycles. The Morgan fingerprint density at radius 2 is 2.22 bits per heavy atom. The summed E-state index contributed by atoms with van der Waals surface area (Å²) in [5.74, 6) is 0. The molecule has 1 aromatic carbocycles. The molecule has 0 unspecified atom stereocenters. The number of rotatable bonds is 1. The van der Waals surface area contributed by atoms with Crippen LogP contribution < -0.4 is 5.69 Å². The van der Waals surface area contributed by atoms with Crippen molar-refractivity contribution < 1.29 is 0 Å². The van der Waals surface area contributed by atoms with Gasteiger partial charge in [0, 0.05) is 10.0 Å². The molecule has 0 radical (unpaired) electrons. The van der Waals surface area contributed by atoms with Crippen molar-refractivity contribution in [1.29, 1.82) is 0 Å². The summed E-state index contributed by atoms with van der Waals surface area (Å²) in [6.07, 6.45) is 3.04. The normalized spacial score (nSPS) is 11.0. The zero-order chi connectivity index (χ0) is 12.7. The Bertz CT molecular complexity index is 790. The molecule has 0 fully saturated rings. The van der Waals surface area contributed by atoms with Gasteiger partial charge in [0.1, 0.15) is 0 Å². The van der Waals surface area contributed by atoms with Gasteiger partial charge in [0.2, 0.25) is 0 Å². The topological polar surface area (TPSA) is 63.1 Å². The van der Waals surface area contributed by atoms with E-state index in [1.54, 1.807) is 6.20 Å². The van der Waals surface area contributed by atoms with Gasteiger partial charge in [0.05, 0.1) is 12.5 Å². The third-order valence-electron chi connectivity index (χ3n) is 2.78. The minimum absolute atomic E-state index is 0.292. The van der Waals surface area contributed by atoms with Crippen LogP contribution in [0.4, 0.5) is 0 Å². The maximum absolute atomic E-state index is 11.5. The Balaban J connectivity index is 2.29. The molecular formula is C12H9BrN4O. The van der Waals surface area contributed by atoms with Gasteiger partial charge in [-0.2, -0.15) is 9.61 Å². The van der Waals surface area contributed by atoms with Gasteiger partial charge in [-0.05, 0) is 24.1 Å². The Morgan fingerprint density at radius 1 is 1.39 bits per heavy atom. The number of halogens is 1. The standard InChI is InChI=1S/C12H9BrN4O/c1-7-4-8(2-3-10(7)13)9-5-16-17-11(9)14-6-15-12(17)18/h2-6H,1H3,(H,14,15,18). The van der Waals surface area contributed by atoms with Crippen molar-refractivity contribution >= 4 is 21.6 Å². The molecule has 3 aromatic rings. The van der Waals surface area contributed by atoms with Crippen LogP contribution in [0.2, 0.25) is 0 Å². The molecule has 2 heterocycles. The summed E-state index contributed by atoms with van der Waals surface area (Å²) in [5.41, 5.74) is 3.22. The van der Waals surface area contributed by atoms with Crippen LogP contribution in [0.15, 0.2) is 40.0 Å². The molecule has 6 heteroatoms. The fourth-order valence-corrected chi connectivity index (χ4v) is 2.09. The van der Waals surface area contributed by atoms with Crippen LogP contribution in [0.25, 0.3) is 16.8 Å². The number of nitrogens with zero attached hydrogens (tertiary/aromatic N) is 3. The summed E-state index contributed by atoms with van der Waals surface area (Å²) >= 11 is 3.46. The van der Waals surface area contributed by atoms with Crippen molar-refractivity contribution in [1.82, 2.24) is 19.6 Å². The highest BCUT2D eigenvalue weighted by Gasteiger charge is 2.10. The number of benzene rings is 1. The van der Waals surface area contributed by atoms with E-state index < -0.39 is 0 Å². The van der Waals surface area contributed by atoms with Crippen molar-refractivity contribution in [2.75, 3.05) is 0 Å². The molecule has 0 saturated carbocycles. The summed E-state index contributed by atoms with van der Waals surface area (Å²) < 4.78 is 2.31. The maximum atomic E-state index is 11.5. The van der Waals surface area contributed by atoms with Crippen molar-refractivity contribution in [3.63, 3.8) is 0 Å². The molecule has 0 bridgehead atoms. The molecule has 1 N–H and O–H groups in total. The van der Waals surface area contributed by atoms with Crippen molar-refractivity contribution in [2.45, 2.75) is 6.92 Å². The van der Waals surface area contributed by atoms with Crippen LogP contribution in [-0.4, -0.2) is 19.6 Å². The highest BCUT2D eigenvalue weighted by Crippen LogP contribution is 2.26. The van der Waals surface area contributed by atoms with Gasteiger partial charge in [-0.1, -0.05) is 28.1 Å². The van der Waals surface area contributed by atoms with Crippen LogP contribution in [0.1, 0.15) is 5.56 Å². The average Bonchev–Trinajstić information content (AvgIpc) is 2.78. The fraction of sp³-hybridized carbons (Fsp3) is 0.0833. The lowest BCUT2D eigenvalue weighted by Crippen LogP contribution is -2.17. The summed E-state index contributed by atoms with van der Waals surface area (Å²) in [6, 6.07) is 5.97. The van der Waals surface area contributed by atoms with Crippen LogP contribution in [-0.2, 0) is 0 Å². The average molecular weight is 305 g/mol. The van der Waals surface area contributed by atoms with Gasteiger partial charge >= 0.3 is 5.69 Å². The predicted octanol–water partition coefficient (Wildman–Crippen LogP) is 2.16. The number of aryl methyl sites for hydroxylation is 1. The predicted molar refractivity (Wildman–Crippen MR) is 71.5 cm³/mol. The minimum Gasteiger partial charge on any atom is -0.296 e. The van der Waals surface area contributed by atoms with Crippen LogP contribution >= 0.6 is 15.9 Å². The Labute approximate surface area is 111 Å². The minimum atomic E-state index is -0.292. The summed E-state index contributed by atoms with van der Waals surface area (Å²) in [5, 5.41) is 4.05. The molecule has 18 heavy (non-hydrogen) atoms. The third-order valence-corrected chi connectivity index (χ3v) is 3.67. The first-order valence-corrected chi connectivity index (χ1v) is 6.14. The van der Waals surface area contributed by atoms with Crippen molar-refractivity contribution in [3.8, 4) is 11.1 Å². The molecule has 0 amide bonds. The Hall–Kier alpha value is -1.95. The number of aromatic nitrogens is 4. The molecule has 3 rings (SSSR count). The lowest BCUT2D eigenvalue weighted by Gasteiger charge is -2.02. The van der Waals surface area contributed by atoms with Gasteiger partial charge in [-0.15, -0.1) is 0 Å². The van der Waals surface area contributed by atoms with E-state index in [4.69, 9.17) is 0 Å². The first-order valence-electron chi connectivity index (χ1n) is 5.35. The molecule has 0 atom stereocenters. The third kappa shape index (κ3) is 1.65. The van der Waals surface area contributed by atoms with Gasteiger partial charge in [-0.25, -0.2) is 9.78 Å². The summed E-state index contributed by atoms with van der Waals surface area (Å²) in [7, 11) is 0. The lowest BCUT2D eigenvalue weighted by molar-refractivity contribution is 0.840. The summed E-state index contributed by atoms with van der Waals surface area (Å²) in [6.45, 7) is 2.01. The first kappa shape index (κ1) is 11.2. The number of aromatic amines is 1. The van der Waals surface area contributed by atoms with E-state index in [1.165, 1.54) is 10.8 Å². The molecule has 90 valence electrons. The number of nitrogens with one attached hydrogen (secondary N) is 1. The van der Waals surface area contributed by atoms with E-state index in [0.29, 0.717) is 5.65 Å². The lowest BCUT2D eigenvalue weighted by atomic mass is 10.1. The second-order valence-corrected chi connectivity index (χ2v) is 4.82. The van der Waals surface area contributed by atoms with Crippen molar-refractivity contribution in [2.24, 2.45) is 0 Å². The number of fused-ring (bicyclic) bond motifs is 1. The Morgan fingerprint density at radius 3 is 3.00 bits per heavy atom. The highest BCUT2D eigenvalue weighted by molar-refractivity contribution is 9.10. The first-order chi connectivity index (χ1) is 8.66. The molecule has 5 nitrogen and oxygen atoms in total. The van der Waals surface area contributed by atoms with E-state index in [1.807, 2.05) is 25.1 Å². The quantitative estimate of drug-likeness (QED) is 0.749. The van der Waals surface area contributed by atoms with E-state index in [9.17, 15) is 4.79 Å². The van der Waals surface area contributed by atoms with Crippen molar-refractivity contribution in [3.05, 3.63) is 51.2 Å². The molecule has 0 aliphatic rings. The largest absolute Gasteiger partial charge is 0.349 e. The van der Waals surface area contributed by atoms with Gasteiger partial charge in [-0.3, -0.25) is 4.98 Å². The Kier molecular flexibility index (Phi) is 2.52. The number of hydrogen-bond acceptors (Lipinski definition) is 3. The summed E-state index contributed by atoms with van der Waals surface area (Å²) in [4.78, 5) is 18.2.